The van der Waals surface area contributed by atoms with Crippen LogP contribution in [0, 0.1) is 17.0 Å². The highest BCUT2D eigenvalue weighted by atomic mass is 35.5. The number of amides is 1. The molecular weight excluding hydrogens is 457 g/mol. The molecule has 3 aromatic rings. The van der Waals surface area contributed by atoms with Gasteiger partial charge in [0, 0.05) is 28.6 Å². The molecule has 6 nitrogen and oxygen atoms in total. The molecule has 0 saturated heterocycles. The van der Waals surface area contributed by atoms with Crippen LogP contribution in [-0.2, 0) is 6.54 Å². The number of carbonyl (C=O) groups is 1. The van der Waals surface area contributed by atoms with E-state index in [9.17, 15) is 14.9 Å². The van der Waals surface area contributed by atoms with Crippen molar-refractivity contribution in [2.45, 2.75) is 20.4 Å². The summed E-state index contributed by atoms with van der Waals surface area (Å²) < 4.78 is 1.89. The van der Waals surface area contributed by atoms with Gasteiger partial charge in [-0.15, -0.1) is 11.3 Å². The van der Waals surface area contributed by atoms with Crippen LogP contribution in [0.15, 0.2) is 41.4 Å². The molecule has 2 aromatic carbocycles. The molecule has 0 radical (unpaired) electrons. The van der Waals surface area contributed by atoms with Crippen molar-refractivity contribution >= 4 is 57.7 Å². The Balaban J connectivity index is 2.11. The first kappa shape index (κ1) is 21.5. The van der Waals surface area contributed by atoms with E-state index in [1.807, 2.05) is 24.5 Å². The number of carbonyl (C=O) groups excluding carboxylic acids is 1. The van der Waals surface area contributed by atoms with E-state index in [1.54, 1.807) is 12.1 Å². The number of rotatable bonds is 4. The number of nitro groups is 1. The average molecular weight is 471 g/mol. The summed E-state index contributed by atoms with van der Waals surface area (Å²) in [7, 11) is 0. The van der Waals surface area contributed by atoms with Crippen molar-refractivity contribution in [1.82, 2.24) is 4.57 Å². The molecule has 1 aromatic heterocycles. The lowest BCUT2D eigenvalue weighted by atomic mass is 10.1. The van der Waals surface area contributed by atoms with Crippen molar-refractivity contribution in [2.75, 3.05) is 0 Å². The number of hydrogen-bond donors (Lipinski definition) is 0. The van der Waals surface area contributed by atoms with Gasteiger partial charge >= 0.3 is 0 Å². The minimum Gasteiger partial charge on any atom is -0.316 e. The Bertz CT molecular complexity index is 1200. The van der Waals surface area contributed by atoms with Crippen molar-refractivity contribution in [1.29, 1.82) is 0 Å². The maximum atomic E-state index is 12.6. The van der Waals surface area contributed by atoms with E-state index < -0.39 is 10.8 Å². The van der Waals surface area contributed by atoms with Crippen molar-refractivity contribution in [3.8, 4) is 11.3 Å². The predicted octanol–water partition coefficient (Wildman–Crippen LogP) is 6.15. The van der Waals surface area contributed by atoms with Crippen molar-refractivity contribution in [3.05, 3.63) is 76.8 Å². The molecule has 1 heterocycles. The number of halogens is 3. The zero-order valence-electron chi connectivity index (χ0n) is 15.3. The molecule has 3 rings (SSSR count). The summed E-state index contributed by atoms with van der Waals surface area (Å²) in [6.45, 7) is 4.42. The molecule has 0 spiro atoms. The molecule has 0 unspecified atom stereocenters. The lowest BCUT2D eigenvalue weighted by molar-refractivity contribution is -0.384. The highest BCUT2D eigenvalue weighted by Gasteiger charge is 2.18. The van der Waals surface area contributed by atoms with Gasteiger partial charge in [-0.2, -0.15) is 4.99 Å². The first-order chi connectivity index (χ1) is 13.7. The van der Waals surface area contributed by atoms with Gasteiger partial charge in [-0.25, -0.2) is 0 Å². The van der Waals surface area contributed by atoms with Gasteiger partial charge < -0.3 is 4.57 Å². The Morgan fingerprint density at radius 1 is 1.14 bits per heavy atom. The number of nitrogens with zero attached hydrogens (tertiary/aromatic N) is 3. The Kier molecular flexibility index (Phi) is 6.43. The predicted molar refractivity (Wildman–Crippen MR) is 116 cm³/mol. The third-order valence-corrected chi connectivity index (χ3v) is 6.23. The largest absolute Gasteiger partial charge is 0.316 e. The SMILES string of the molecule is CCn1c(-c2ccc(Cl)c(Cl)c2)c(C)sc1=NC(=O)c1ccc(Cl)c([N+](=O)[O-])c1. The number of nitro benzene ring substituents is 1. The summed E-state index contributed by atoms with van der Waals surface area (Å²) in [6.07, 6.45) is 0. The number of hydrogen-bond acceptors (Lipinski definition) is 4. The van der Waals surface area contributed by atoms with E-state index in [0.29, 0.717) is 21.4 Å². The number of aromatic nitrogens is 1. The maximum absolute atomic E-state index is 12.6. The lowest BCUT2D eigenvalue weighted by Crippen LogP contribution is -2.17. The Hall–Kier alpha value is -2.19. The molecule has 0 fully saturated rings. The molecule has 29 heavy (non-hydrogen) atoms. The van der Waals surface area contributed by atoms with E-state index in [2.05, 4.69) is 4.99 Å². The van der Waals surface area contributed by atoms with Crippen LogP contribution in [0.4, 0.5) is 5.69 Å². The first-order valence-corrected chi connectivity index (χ1v) is 10.4. The summed E-state index contributed by atoms with van der Waals surface area (Å²) in [5.41, 5.74) is 1.48. The summed E-state index contributed by atoms with van der Waals surface area (Å²) in [5, 5.41) is 11.9. The fourth-order valence-electron chi connectivity index (χ4n) is 2.84. The zero-order chi connectivity index (χ0) is 21.3. The second-order valence-corrected chi connectivity index (χ2v) is 8.41. The van der Waals surface area contributed by atoms with Crippen LogP contribution in [0.25, 0.3) is 11.3 Å². The van der Waals surface area contributed by atoms with Gasteiger partial charge in [0.1, 0.15) is 5.02 Å². The molecule has 0 aliphatic heterocycles. The van der Waals surface area contributed by atoms with Gasteiger partial charge in [0.05, 0.1) is 20.7 Å². The third kappa shape index (κ3) is 4.38. The maximum Gasteiger partial charge on any atom is 0.288 e. The van der Waals surface area contributed by atoms with E-state index in [1.165, 1.54) is 23.5 Å². The van der Waals surface area contributed by atoms with Crippen molar-refractivity contribution < 1.29 is 9.72 Å². The molecule has 0 saturated carbocycles. The van der Waals surface area contributed by atoms with Crippen LogP contribution >= 0.6 is 46.1 Å². The minimum atomic E-state index is -0.636. The fourth-order valence-corrected chi connectivity index (χ4v) is 4.38. The topological polar surface area (TPSA) is 77.5 Å². The summed E-state index contributed by atoms with van der Waals surface area (Å²) in [5.74, 6) is -0.589. The van der Waals surface area contributed by atoms with Gasteiger partial charge in [0.25, 0.3) is 11.6 Å². The van der Waals surface area contributed by atoms with Crippen LogP contribution < -0.4 is 4.80 Å². The average Bonchev–Trinajstić information content (AvgIpc) is 2.98. The number of thiazole rings is 1. The zero-order valence-corrected chi connectivity index (χ0v) is 18.4. The normalized spacial score (nSPS) is 11.7. The standard InChI is InChI=1S/C19H14Cl3N3O3S/c1-3-24-17(11-4-6-13(20)15(22)8-11)10(2)29-19(24)23-18(26)12-5-7-14(21)16(9-12)25(27)28/h4-9H,3H2,1-2H3. The van der Waals surface area contributed by atoms with Gasteiger partial charge in [-0.3, -0.25) is 14.9 Å². The molecule has 150 valence electrons. The Morgan fingerprint density at radius 3 is 2.45 bits per heavy atom. The van der Waals surface area contributed by atoms with Crippen LogP contribution in [0.2, 0.25) is 15.1 Å². The molecule has 0 aliphatic rings. The van der Waals surface area contributed by atoms with Crippen LogP contribution in [0.5, 0.6) is 0 Å². The first-order valence-electron chi connectivity index (χ1n) is 8.41. The van der Waals surface area contributed by atoms with E-state index in [0.717, 1.165) is 22.2 Å². The van der Waals surface area contributed by atoms with Gasteiger partial charge in [0.2, 0.25) is 0 Å². The summed E-state index contributed by atoms with van der Waals surface area (Å²) >= 11 is 19.3. The van der Waals surface area contributed by atoms with E-state index in [-0.39, 0.29) is 16.3 Å². The quantitative estimate of drug-likeness (QED) is 0.339. The highest BCUT2D eigenvalue weighted by molar-refractivity contribution is 7.09. The molecule has 1 amide bonds. The number of benzene rings is 2. The van der Waals surface area contributed by atoms with Crippen molar-refractivity contribution in [3.63, 3.8) is 0 Å². The second kappa shape index (κ2) is 8.67. The number of aryl methyl sites for hydroxylation is 1. The Morgan fingerprint density at radius 2 is 1.83 bits per heavy atom. The van der Waals surface area contributed by atoms with E-state index in [4.69, 9.17) is 34.8 Å². The fraction of sp³-hybridized carbons (Fsp3) is 0.158. The van der Waals surface area contributed by atoms with Gasteiger partial charge in [-0.05, 0) is 38.1 Å². The molecule has 0 atom stereocenters. The Labute approximate surface area is 185 Å². The van der Waals surface area contributed by atoms with Crippen LogP contribution in [0.1, 0.15) is 22.2 Å². The monoisotopic (exact) mass is 469 g/mol. The molecule has 0 bridgehead atoms. The van der Waals surface area contributed by atoms with Gasteiger partial charge in [0.15, 0.2) is 4.80 Å². The molecular formula is C19H14Cl3N3O3S. The lowest BCUT2D eigenvalue weighted by Gasteiger charge is -2.08. The van der Waals surface area contributed by atoms with Crippen LogP contribution in [0.3, 0.4) is 0 Å². The second-order valence-electron chi connectivity index (χ2n) is 6.00. The molecule has 0 aliphatic carbocycles. The summed E-state index contributed by atoms with van der Waals surface area (Å²) in [6, 6.07) is 9.19. The van der Waals surface area contributed by atoms with E-state index >= 15 is 0 Å². The van der Waals surface area contributed by atoms with Crippen LogP contribution in [-0.4, -0.2) is 15.4 Å². The highest BCUT2D eigenvalue weighted by Crippen LogP contribution is 2.31. The molecule has 10 heteroatoms. The molecule has 0 N–H and O–H groups in total. The smallest absolute Gasteiger partial charge is 0.288 e. The third-order valence-electron chi connectivity index (χ3n) is 4.17. The van der Waals surface area contributed by atoms with Crippen molar-refractivity contribution in [2.24, 2.45) is 4.99 Å². The van der Waals surface area contributed by atoms with Gasteiger partial charge in [-0.1, -0.05) is 40.9 Å². The minimum absolute atomic E-state index is 0.0379. The summed E-state index contributed by atoms with van der Waals surface area (Å²) in [4.78, 5) is 28.7.